The summed E-state index contributed by atoms with van der Waals surface area (Å²) in [5.74, 6) is -0.335. The van der Waals surface area contributed by atoms with Gasteiger partial charge in [0.15, 0.2) is 0 Å². The number of allylic oxidation sites excluding steroid dienone is 1. The summed E-state index contributed by atoms with van der Waals surface area (Å²) in [6.45, 7) is 13.3. The Morgan fingerprint density at radius 2 is 1.83 bits per heavy atom. The number of carbonyl (C=O) groups is 5. The number of rotatable bonds is 15. The summed E-state index contributed by atoms with van der Waals surface area (Å²) in [6.07, 6.45) is 4.86. The van der Waals surface area contributed by atoms with Gasteiger partial charge in [-0.3, -0.25) is 24.5 Å². The SMILES string of the molecule is CO[C@@H]1[C@H](OC(=O)NC(=O)CSCCNC(=O)C2CCCN2C(=O)CCCC(=O)C(C)(C)C)CC[C@]2(CO2)[C@H]1[C@@]1(C)O[C@@H]1CC=C(C)C. The Bertz CT molecular complexity index is 1240. The number of hydrogen-bond donors (Lipinski definition) is 2. The highest BCUT2D eigenvalue weighted by atomic mass is 32.2. The number of nitrogens with zero attached hydrogens (tertiary/aromatic N) is 1. The highest BCUT2D eigenvalue weighted by Crippen LogP contribution is 2.59. The molecule has 4 aliphatic rings. The minimum Gasteiger partial charge on any atom is -0.443 e. The van der Waals surface area contributed by atoms with E-state index in [9.17, 15) is 24.0 Å². The first-order valence-corrected chi connectivity index (χ1v) is 18.4. The highest BCUT2D eigenvalue weighted by molar-refractivity contribution is 7.99. The molecular weight excluding hydrogens is 638 g/mol. The van der Waals surface area contributed by atoms with Gasteiger partial charge in [0.1, 0.15) is 35.2 Å². The van der Waals surface area contributed by atoms with Crippen molar-refractivity contribution in [3.05, 3.63) is 11.6 Å². The maximum absolute atomic E-state index is 12.8. The van der Waals surface area contributed by atoms with Crippen LogP contribution in [0, 0.1) is 11.3 Å². The Labute approximate surface area is 289 Å². The third-order valence-electron chi connectivity index (χ3n) is 10.0. The molecule has 1 spiro atoms. The Balaban J connectivity index is 1.15. The van der Waals surface area contributed by atoms with Crippen molar-refractivity contribution in [1.29, 1.82) is 0 Å². The number of imide groups is 1. The summed E-state index contributed by atoms with van der Waals surface area (Å²) >= 11 is 1.28. The molecule has 48 heavy (non-hydrogen) atoms. The van der Waals surface area contributed by atoms with Crippen LogP contribution in [0.5, 0.6) is 0 Å². The fourth-order valence-electron chi connectivity index (χ4n) is 7.17. The minimum atomic E-state index is -0.816. The Morgan fingerprint density at radius 1 is 1.10 bits per heavy atom. The number of methoxy groups -OCH3 is 1. The van der Waals surface area contributed by atoms with Crippen LogP contribution in [0.25, 0.3) is 0 Å². The molecule has 270 valence electrons. The smallest absolute Gasteiger partial charge is 0.414 e. The molecule has 4 fully saturated rings. The van der Waals surface area contributed by atoms with Gasteiger partial charge in [0, 0.05) is 44.2 Å². The molecule has 4 amide bonds. The molecule has 2 N–H and O–H groups in total. The van der Waals surface area contributed by atoms with Gasteiger partial charge in [-0.1, -0.05) is 32.4 Å². The summed E-state index contributed by atoms with van der Waals surface area (Å²) in [5.41, 5.74) is 0.00359. The molecule has 0 radical (unpaired) electrons. The molecule has 1 aliphatic carbocycles. The van der Waals surface area contributed by atoms with Crippen LogP contribution in [0.4, 0.5) is 4.79 Å². The van der Waals surface area contributed by atoms with Crippen LogP contribution in [0.15, 0.2) is 11.6 Å². The molecule has 0 aromatic carbocycles. The van der Waals surface area contributed by atoms with E-state index in [1.165, 1.54) is 17.3 Å². The number of ether oxygens (including phenoxy) is 4. The first-order valence-electron chi connectivity index (χ1n) is 17.3. The van der Waals surface area contributed by atoms with Gasteiger partial charge >= 0.3 is 6.09 Å². The van der Waals surface area contributed by atoms with Crippen LogP contribution < -0.4 is 10.6 Å². The van der Waals surface area contributed by atoms with Gasteiger partial charge in [-0.25, -0.2) is 4.79 Å². The third kappa shape index (κ3) is 9.60. The van der Waals surface area contributed by atoms with Crippen molar-refractivity contribution >= 4 is 41.4 Å². The summed E-state index contributed by atoms with van der Waals surface area (Å²) < 4.78 is 23.8. The fraction of sp³-hybridized carbons (Fsp3) is 0.800. The molecule has 0 aromatic rings. The Hall–Kier alpha value is -2.48. The molecule has 1 unspecified atom stereocenters. The molecule has 0 bridgehead atoms. The molecule has 3 aliphatic heterocycles. The van der Waals surface area contributed by atoms with Gasteiger partial charge in [-0.15, -0.1) is 0 Å². The van der Waals surface area contributed by atoms with Crippen LogP contribution in [0.1, 0.15) is 92.9 Å². The zero-order valence-electron chi connectivity index (χ0n) is 29.7. The second-order valence-corrected chi connectivity index (χ2v) is 16.1. The molecule has 4 rings (SSSR count). The fourth-order valence-corrected chi connectivity index (χ4v) is 7.82. The average Bonchev–Trinajstić information content (AvgIpc) is 3.86. The summed E-state index contributed by atoms with van der Waals surface area (Å²) in [4.78, 5) is 64.6. The van der Waals surface area contributed by atoms with Crippen LogP contribution in [-0.4, -0.2) is 108 Å². The van der Waals surface area contributed by atoms with Crippen molar-refractivity contribution in [2.24, 2.45) is 11.3 Å². The maximum atomic E-state index is 12.8. The zero-order valence-corrected chi connectivity index (χ0v) is 30.5. The van der Waals surface area contributed by atoms with E-state index in [0.717, 1.165) is 12.8 Å². The summed E-state index contributed by atoms with van der Waals surface area (Å²) in [5, 5.41) is 5.18. The Kier molecular flexibility index (Phi) is 12.8. The minimum absolute atomic E-state index is 0.0161. The van der Waals surface area contributed by atoms with Crippen LogP contribution in [0.2, 0.25) is 0 Å². The largest absolute Gasteiger partial charge is 0.443 e. The maximum Gasteiger partial charge on any atom is 0.414 e. The first-order chi connectivity index (χ1) is 22.6. The first kappa shape index (κ1) is 38.3. The number of carbonyl (C=O) groups excluding carboxylic acids is 5. The second-order valence-electron chi connectivity index (χ2n) is 15.0. The summed E-state index contributed by atoms with van der Waals surface area (Å²) in [7, 11) is 1.60. The van der Waals surface area contributed by atoms with Gasteiger partial charge in [0.25, 0.3) is 0 Å². The highest BCUT2D eigenvalue weighted by Gasteiger charge is 2.72. The number of thioether (sulfide) groups is 1. The number of alkyl carbamates (subject to hydrolysis) is 1. The standard InChI is InChI=1S/C35H55N3O9S/c1-22(2)13-14-26-34(6,47-26)30-29(44-7)24(15-16-35(30)21-45-35)46-32(43)37-27(40)20-48-19-17-36-31(42)23-10-9-18-38(23)28(41)12-8-11-25(39)33(3,4)5/h13,23-24,26,29-30H,8-12,14-21H2,1-7H3,(H,36,42)(H,37,40,43)/t23?,24-,26-,29-,30-,34+,35+/m1/s1. The van der Waals surface area contributed by atoms with E-state index < -0.39 is 41.3 Å². The van der Waals surface area contributed by atoms with Gasteiger partial charge in [-0.2, -0.15) is 11.8 Å². The number of ketones is 1. The topological polar surface area (TPSA) is 156 Å². The molecule has 3 saturated heterocycles. The normalized spacial score (nSPS) is 30.8. The van der Waals surface area contributed by atoms with Crippen molar-refractivity contribution in [1.82, 2.24) is 15.5 Å². The van der Waals surface area contributed by atoms with E-state index in [1.54, 1.807) is 12.0 Å². The zero-order chi connectivity index (χ0) is 35.3. The lowest BCUT2D eigenvalue weighted by Gasteiger charge is -2.42. The number of nitrogens with one attached hydrogen (secondary N) is 2. The van der Waals surface area contributed by atoms with E-state index in [1.807, 2.05) is 20.8 Å². The monoisotopic (exact) mass is 693 g/mol. The van der Waals surface area contributed by atoms with Crippen LogP contribution in [0.3, 0.4) is 0 Å². The third-order valence-corrected chi connectivity index (χ3v) is 11.0. The van der Waals surface area contributed by atoms with E-state index in [0.29, 0.717) is 57.6 Å². The van der Waals surface area contributed by atoms with Crippen molar-refractivity contribution in [2.45, 2.75) is 128 Å². The Morgan fingerprint density at radius 3 is 2.48 bits per heavy atom. The molecule has 0 aromatic heterocycles. The second kappa shape index (κ2) is 16.0. The number of epoxide rings is 2. The average molecular weight is 694 g/mol. The number of amides is 4. The van der Waals surface area contributed by atoms with Crippen molar-refractivity contribution in [3.8, 4) is 0 Å². The molecule has 7 atom stereocenters. The predicted molar refractivity (Wildman–Crippen MR) is 181 cm³/mol. The van der Waals surface area contributed by atoms with E-state index >= 15 is 0 Å². The van der Waals surface area contributed by atoms with Crippen molar-refractivity contribution in [2.75, 3.05) is 38.3 Å². The predicted octanol–water partition coefficient (Wildman–Crippen LogP) is 3.94. The molecular formula is C35H55N3O9S. The molecule has 3 heterocycles. The lowest BCUT2D eigenvalue weighted by molar-refractivity contribution is -0.138. The van der Waals surface area contributed by atoms with E-state index in [-0.39, 0.29) is 47.4 Å². The molecule has 1 saturated carbocycles. The lowest BCUT2D eigenvalue weighted by Crippen LogP contribution is -2.56. The van der Waals surface area contributed by atoms with Gasteiger partial charge in [0.2, 0.25) is 17.7 Å². The number of Topliss-reactive ketones (excluding diaryl/α,β-unsaturated/α-hetero) is 1. The van der Waals surface area contributed by atoms with Crippen molar-refractivity contribution < 1.29 is 42.9 Å². The quantitative estimate of drug-likeness (QED) is 0.146. The van der Waals surface area contributed by atoms with E-state index in [2.05, 4.69) is 37.5 Å². The summed E-state index contributed by atoms with van der Waals surface area (Å²) in [6, 6.07) is -0.520. The van der Waals surface area contributed by atoms with Gasteiger partial charge in [0.05, 0.1) is 24.4 Å². The van der Waals surface area contributed by atoms with E-state index in [4.69, 9.17) is 18.9 Å². The number of hydrogen-bond acceptors (Lipinski definition) is 10. The van der Waals surface area contributed by atoms with Gasteiger partial charge in [-0.05, 0) is 59.3 Å². The van der Waals surface area contributed by atoms with Crippen molar-refractivity contribution in [3.63, 3.8) is 0 Å². The molecule has 13 heteroatoms. The lowest BCUT2D eigenvalue weighted by atomic mass is 9.68. The number of likely N-dealkylation sites (tertiary alicyclic amines) is 1. The van der Waals surface area contributed by atoms with Gasteiger partial charge < -0.3 is 29.2 Å². The van der Waals surface area contributed by atoms with Crippen LogP contribution in [-0.2, 0) is 38.1 Å². The van der Waals surface area contributed by atoms with Crippen LogP contribution >= 0.6 is 11.8 Å². The molecule has 12 nitrogen and oxygen atoms in total.